The van der Waals surface area contributed by atoms with E-state index in [-0.39, 0.29) is 5.60 Å². The standard InChI is InChI=1S/C15H23NOS/c16-10-8-15(7-4-11-18-12-9-15)17-13-14-5-2-1-3-6-14/h1-3,5-6H,4,7-13,16H2. The molecule has 0 radical (unpaired) electrons. The second kappa shape index (κ2) is 7.17. The molecular formula is C15H23NOS. The Labute approximate surface area is 114 Å². The molecule has 1 unspecified atom stereocenters. The largest absolute Gasteiger partial charge is 0.370 e. The Morgan fingerprint density at radius 2 is 2.00 bits per heavy atom. The van der Waals surface area contributed by atoms with Crippen molar-refractivity contribution >= 4 is 11.8 Å². The summed E-state index contributed by atoms with van der Waals surface area (Å²) in [5.41, 5.74) is 7.06. The Morgan fingerprint density at radius 3 is 2.78 bits per heavy atom. The number of ether oxygens (including phenoxy) is 1. The van der Waals surface area contributed by atoms with Crippen LogP contribution in [0.25, 0.3) is 0 Å². The van der Waals surface area contributed by atoms with Crippen LogP contribution >= 0.6 is 11.8 Å². The monoisotopic (exact) mass is 265 g/mol. The molecular weight excluding hydrogens is 242 g/mol. The second-order valence-electron chi connectivity index (χ2n) is 4.96. The van der Waals surface area contributed by atoms with E-state index in [9.17, 15) is 0 Å². The number of nitrogens with two attached hydrogens (primary N) is 1. The van der Waals surface area contributed by atoms with Gasteiger partial charge in [-0.05, 0) is 49.3 Å². The molecule has 0 spiro atoms. The Morgan fingerprint density at radius 1 is 1.17 bits per heavy atom. The van der Waals surface area contributed by atoms with Gasteiger partial charge in [-0.3, -0.25) is 0 Å². The van der Waals surface area contributed by atoms with E-state index >= 15 is 0 Å². The summed E-state index contributed by atoms with van der Waals surface area (Å²) in [6.07, 6.45) is 4.53. The highest BCUT2D eigenvalue weighted by atomic mass is 32.2. The number of benzene rings is 1. The van der Waals surface area contributed by atoms with Crippen molar-refractivity contribution in [3.05, 3.63) is 35.9 Å². The summed E-state index contributed by atoms with van der Waals surface area (Å²) in [7, 11) is 0. The van der Waals surface area contributed by atoms with Crippen LogP contribution in [0.2, 0.25) is 0 Å². The molecule has 18 heavy (non-hydrogen) atoms. The van der Waals surface area contributed by atoms with Crippen LogP contribution in [0.1, 0.15) is 31.2 Å². The SMILES string of the molecule is NCCC1(OCc2ccccc2)CCCSCC1. The lowest BCUT2D eigenvalue weighted by atomic mass is 9.91. The zero-order chi connectivity index (χ0) is 12.7. The molecule has 1 fully saturated rings. The number of rotatable bonds is 5. The summed E-state index contributed by atoms with van der Waals surface area (Å²) >= 11 is 2.04. The Balaban J connectivity index is 1.96. The van der Waals surface area contributed by atoms with Gasteiger partial charge in [-0.1, -0.05) is 30.3 Å². The van der Waals surface area contributed by atoms with E-state index in [1.807, 2.05) is 17.8 Å². The van der Waals surface area contributed by atoms with E-state index in [0.29, 0.717) is 6.61 Å². The summed E-state index contributed by atoms with van der Waals surface area (Å²) < 4.78 is 6.28. The topological polar surface area (TPSA) is 35.2 Å². The fourth-order valence-corrected chi connectivity index (χ4v) is 3.59. The molecule has 1 aliphatic rings. The molecule has 0 saturated carbocycles. The molecule has 2 N–H and O–H groups in total. The Kier molecular flexibility index (Phi) is 5.54. The molecule has 0 bridgehead atoms. The van der Waals surface area contributed by atoms with Crippen LogP contribution in [0.5, 0.6) is 0 Å². The highest BCUT2D eigenvalue weighted by Crippen LogP contribution is 2.33. The number of hydrogen-bond acceptors (Lipinski definition) is 3. The Hall–Kier alpha value is -0.510. The van der Waals surface area contributed by atoms with Crippen LogP contribution in [0.4, 0.5) is 0 Å². The summed E-state index contributed by atoms with van der Waals surface area (Å²) in [4.78, 5) is 0. The van der Waals surface area contributed by atoms with Gasteiger partial charge in [0.05, 0.1) is 12.2 Å². The van der Waals surface area contributed by atoms with E-state index in [1.54, 1.807) is 0 Å². The fourth-order valence-electron chi connectivity index (χ4n) is 2.52. The van der Waals surface area contributed by atoms with Gasteiger partial charge in [-0.25, -0.2) is 0 Å². The third kappa shape index (κ3) is 4.01. The first-order valence-corrected chi connectivity index (χ1v) is 7.96. The second-order valence-corrected chi connectivity index (χ2v) is 6.19. The zero-order valence-corrected chi connectivity index (χ0v) is 11.8. The molecule has 1 aromatic rings. The lowest BCUT2D eigenvalue weighted by molar-refractivity contribution is -0.0680. The maximum atomic E-state index is 6.28. The van der Waals surface area contributed by atoms with Gasteiger partial charge in [-0.2, -0.15) is 11.8 Å². The molecule has 1 saturated heterocycles. The van der Waals surface area contributed by atoms with Crippen LogP contribution in [0, 0.1) is 0 Å². The molecule has 2 nitrogen and oxygen atoms in total. The lowest BCUT2D eigenvalue weighted by Crippen LogP contribution is -2.35. The molecule has 0 aliphatic carbocycles. The molecule has 0 amide bonds. The van der Waals surface area contributed by atoms with Crippen LogP contribution in [0.15, 0.2) is 30.3 Å². The first-order chi connectivity index (χ1) is 8.85. The van der Waals surface area contributed by atoms with Crippen LogP contribution in [0.3, 0.4) is 0 Å². The van der Waals surface area contributed by atoms with Gasteiger partial charge < -0.3 is 10.5 Å². The van der Waals surface area contributed by atoms with E-state index in [4.69, 9.17) is 10.5 Å². The van der Waals surface area contributed by atoms with Gasteiger partial charge in [0, 0.05) is 0 Å². The Bertz CT molecular complexity index is 334. The van der Waals surface area contributed by atoms with E-state index < -0.39 is 0 Å². The minimum atomic E-state index is 0.0219. The van der Waals surface area contributed by atoms with Crippen LogP contribution < -0.4 is 5.73 Å². The predicted molar refractivity (Wildman–Crippen MR) is 78.8 cm³/mol. The van der Waals surface area contributed by atoms with Gasteiger partial charge in [0.2, 0.25) is 0 Å². The molecule has 1 aromatic carbocycles. The summed E-state index contributed by atoms with van der Waals surface area (Å²) in [6, 6.07) is 10.4. The van der Waals surface area contributed by atoms with E-state index in [0.717, 1.165) is 25.8 Å². The van der Waals surface area contributed by atoms with E-state index in [1.165, 1.54) is 23.5 Å². The van der Waals surface area contributed by atoms with Crippen molar-refractivity contribution in [2.45, 2.75) is 37.9 Å². The molecule has 1 aliphatic heterocycles. The molecule has 1 atom stereocenters. The molecule has 0 aromatic heterocycles. The lowest BCUT2D eigenvalue weighted by Gasteiger charge is -2.32. The van der Waals surface area contributed by atoms with Crippen molar-refractivity contribution < 1.29 is 4.74 Å². The van der Waals surface area contributed by atoms with Crippen molar-refractivity contribution in [2.24, 2.45) is 5.73 Å². The average Bonchev–Trinajstić information content (AvgIpc) is 2.64. The van der Waals surface area contributed by atoms with Crippen molar-refractivity contribution in [3.8, 4) is 0 Å². The van der Waals surface area contributed by atoms with E-state index in [2.05, 4.69) is 24.3 Å². The van der Waals surface area contributed by atoms with Gasteiger partial charge in [0.1, 0.15) is 0 Å². The first kappa shape index (κ1) is 13.9. The highest BCUT2D eigenvalue weighted by Gasteiger charge is 2.31. The molecule has 2 rings (SSSR count). The van der Waals surface area contributed by atoms with Crippen LogP contribution in [-0.2, 0) is 11.3 Å². The van der Waals surface area contributed by atoms with Crippen molar-refractivity contribution in [1.29, 1.82) is 0 Å². The normalized spacial score (nSPS) is 24.7. The van der Waals surface area contributed by atoms with Gasteiger partial charge in [0.15, 0.2) is 0 Å². The van der Waals surface area contributed by atoms with Crippen molar-refractivity contribution in [3.63, 3.8) is 0 Å². The number of hydrogen-bond donors (Lipinski definition) is 1. The predicted octanol–water partition coefficient (Wildman–Crippen LogP) is 3.21. The smallest absolute Gasteiger partial charge is 0.0724 e. The molecule has 1 heterocycles. The maximum Gasteiger partial charge on any atom is 0.0724 e. The first-order valence-electron chi connectivity index (χ1n) is 6.80. The third-order valence-electron chi connectivity index (χ3n) is 3.61. The highest BCUT2D eigenvalue weighted by molar-refractivity contribution is 7.99. The average molecular weight is 265 g/mol. The van der Waals surface area contributed by atoms with Gasteiger partial charge in [0.25, 0.3) is 0 Å². The van der Waals surface area contributed by atoms with Crippen molar-refractivity contribution in [1.82, 2.24) is 0 Å². The van der Waals surface area contributed by atoms with Gasteiger partial charge in [-0.15, -0.1) is 0 Å². The molecule has 3 heteroatoms. The maximum absolute atomic E-state index is 6.28. The zero-order valence-electron chi connectivity index (χ0n) is 10.9. The summed E-state index contributed by atoms with van der Waals surface area (Å²) in [6.45, 7) is 1.44. The summed E-state index contributed by atoms with van der Waals surface area (Å²) in [5, 5.41) is 0. The van der Waals surface area contributed by atoms with Gasteiger partial charge >= 0.3 is 0 Å². The fraction of sp³-hybridized carbons (Fsp3) is 0.600. The van der Waals surface area contributed by atoms with Crippen molar-refractivity contribution in [2.75, 3.05) is 18.1 Å². The minimum Gasteiger partial charge on any atom is -0.370 e. The number of thioether (sulfide) groups is 1. The van der Waals surface area contributed by atoms with Crippen LogP contribution in [-0.4, -0.2) is 23.7 Å². The quantitative estimate of drug-likeness (QED) is 0.888. The minimum absolute atomic E-state index is 0.0219. The molecule has 100 valence electrons. The third-order valence-corrected chi connectivity index (χ3v) is 4.68. The summed E-state index contributed by atoms with van der Waals surface area (Å²) in [5.74, 6) is 2.47.